The molecule has 0 aliphatic carbocycles. The number of hydrogen-bond donors (Lipinski definition) is 0. The number of nitrogens with zero attached hydrogens (tertiary/aromatic N) is 3. The van der Waals surface area contributed by atoms with E-state index in [1.54, 1.807) is 24.3 Å². The van der Waals surface area contributed by atoms with Gasteiger partial charge in [0.2, 0.25) is 0 Å². The van der Waals surface area contributed by atoms with Crippen LogP contribution < -0.4 is 14.6 Å². The molecule has 1 heterocycles. The maximum absolute atomic E-state index is 11.8. The fourth-order valence-electron chi connectivity index (χ4n) is 1.31. The van der Waals surface area contributed by atoms with Crippen LogP contribution in [-0.4, -0.2) is 26.7 Å². The molecular weight excluding hydrogens is 270 g/mol. The molecule has 0 fully saturated rings. The van der Waals surface area contributed by atoms with E-state index < -0.39 is 10.9 Å². The van der Waals surface area contributed by atoms with E-state index in [0.717, 1.165) is 4.57 Å². The predicted octanol–water partition coefficient (Wildman–Crippen LogP) is 1.29. The normalized spacial score (nSPS) is 10.2. The van der Waals surface area contributed by atoms with E-state index >= 15 is 0 Å². The maximum Gasteiger partial charge on any atom is 0.356 e. The fourth-order valence-corrected chi connectivity index (χ4v) is 1.78. The molecule has 1 aromatic heterocycles. The van der Waals surface area contributed by atoms with Crippen LogP contribution in [0.1, 0.15) is 0 Å². The average Bonchev–Trinajstić information content (AvgIpc) is 2.73. The summed E-state index contributed by atoms with van der Waals surface area (Å²) in [6.07, 6.45) is 0. The molecule has 2 rings (SSSR count). The first kappa shape index (κ1) is 13.2. The zero-order valence-corrected chi connectivity index (χ0v) is 11.1. The summed E-state index contributed by atoms with van der Waals surface area (Å²) in [6, 6.07) is 8.82. The summed E-state index contributed by atoms with van der Waals surface area (Å²) in [5.74, 6) is 0.511. The summed E-state index contributed by atoms with van der Waals surface area (Å²) in [6.45, 7) is 0. The van der Waals surface area contributed by atoms with Crippen LogP contribution in [0.25, 0.3) is 0 Å². The zero-order chi connectivity index (χ0) is 13.8. The van der Waals surface area contributed by atoms with Gasteiger partial charge in [0.05, 0.1) is 7.11 Å². The summed E-state index contributed by atoms with van der Waals surface area (Å²) in [7, 11) is 2.82. The number of aromatic nitrogens is 3. The van der Waals surface area contributed by atoms with Crippen molar-refractivity contribution in [1.29, 1.82) is 0 Å². The lowest BCUT2D eigenvalue weighted by atomic mass is 10.3. The largest absolute Gasteiger partial charge is 0.467 e. The highest BCUT2D eigenvalue weighted by molar-refractivity contribution is 8.09. The van der Waals surface area contributed by atoms with Gasteiger partial charge in [-0.2, -0.15) is 0 Å². The standard InChI is InChI=1S/C11H11N3O4S/c1-13-9(17-2)12-14(10(13)15)11(16)19-18-8-6-4-3-5-7-8/h3-7H,1-2H3. The van der Waals surface area contributed by atoms with Crippen LogP contribution in [0, 0.1) is 0 Å². The van der Waals surface area contributed by atoms with Gasteiger partial charge < -0.3 is 8.92 Å². The van der Waals surface area contributed by atoms with Gasteiger partial charge in [0.15, 0.2) is 12.0 Å². The molecule has 0 aliphatic heterocycles. The van der Waals surface area contributed by atoms with Crippen LogP contribution in [0.5, 0.6) is 11.8 Å². The van der Waals surface area contributed by atoms with Crippen molar-refractivity contribution in [3.63, 3.8) is 0 Å². The minimum atomic E-state index is -0.646. The van der Waals surface area contributed by atoms with Gasteiger partial charge in [-0.25, -0.2) is 9.36 Å². The number of methoxy groups -OCH3 is 1. The second-order valence-electron chi connectivity index (χ2n) is 3.49. The van der Waals surface area contributed by atoms with E-state index in [1.165, 1.54) is 14.2 Å². The monoisotopic (exact) mass is 281 g/mol. The molecule has 0 bridgehead atoms. The number of carbonyl (C=O) groups is 1. The van der Waals surface area contributed by atoms with Gasteiger partial charge in [-0.15, -0.1) is 9.78 Å². The molecule has 2 aromatic rings. The van der Waals surface area contributed by atoms with Crippen LogP contribution in [0.4, 0.5) is 4.79 Å². The Morgan fingerprint density at radius 1 is 1.32 bits per heavy atom. The number of para-hydroxylation sites is 1. The van der Waals surface area contributed by atoms with E-state index in [2.05, 4.69) is 5.10 Å². The first-order valence-electron chi connectivity index (χ1n) is 5.27. The van der Waals surface area contributed by atoms with Crippen LogP contribution in [0.3, 0.4) is 0 Å². The Bertz CT molecular complexity index is 635. The smallest absolute Gasteiger partial charge is 0.356 e. The Morgan fingerprint density at radius 3 is 2.58 bits per heavy atom. The van der Waals surface area contributed by atoms with Crippen LogP contribution >= 0.6 is 12.0 Å². The maximum atomic E-state index is 11.8. The second kappa shape index (κ2) is 5.61. The van der Waals surface area contributed by atoms with Gasteiger partial charge in [0.1, 0.15) is 5.75 Å². The number of benzene rings is 1. The summed E-state index contributed by atoms with van der Waals surface area (Å²) in [4.78, 5) is 23.5. The van der Waals surface area contributed by atoms with Gasteiger partial charge in [-0.05, 0) is 12.1 Å². The van der Waals surface area contributed by atoms with Crippen LogP contribution in [0.2, 0.25) is 0 Å². The summed E-state index contributed by atoms with van der Waals surface area (Å²) in [5.41, 5.74) is -0.592. The van der Waals surface area contributed by atoms with Crippen molar-refractivity contribution in [2.75, 3.05) is 7.11 Å². The first-order chi connectivity index (χ1) is 9.13. The third kappa shape index (κ3) is 2.79. The Balaban J connectivity index is 2.11. The molecule has 19 heavy (non-hydrogen) atoms. The lowest BCUT2D eigenvalue weighted by Crippen LogP contribution is -2.27. The Kier molecular flexibility index (Phi) is 3.91. The molecule has 0 N–H and O–H groups in total. The van der Waals surface area contributed by atoms with Gasteiger partial charge in [0, 0.05) is 7.05 Å². The molecule has 0 atom stereocenters. The summed E-state index contributed by atoms with van der Waals surface area (Å²) < 4.78 is 11.8. The Hall–Kier alpha value is -2.22. The predicted molar refractivity (Wildman–Crippen MR) is 69.5 cm³/mol. The van der Waals surface area contributed by atoms with Gasteiger partial charge >= 0.3 is 16.9 Å². The Morgan fingerprint density at radius 2 is 2.00 bits per heavy atom. The molecule has 100 valence electrons. The third-order valence-corrected chi connectivity index (χ3v) is 2.84. The van der Waals surface area contributed by atoms with E-state index in [4.69, 9.17) is 8.92 Å². The highest BCUT2D eigenvalue weighted by atomic mass is 32.2. The van der Waals surface area contributed by atoms with Gasteiger partial charge in [0.25, 0.3) is 0 Å². The van der Waals surface area contributed by atoms with E-state index in [0.29, 0.717) is 22.5 Å². The second-order valence-corrected chi connectivity index (χ2v) is 4.17. The average molecular weight is 281 g/mol. The highest BCUT2D eigenvalue weighted by Gasteiger charge is 2.18. The van der Waals surface area contributed by atoms with Crippen molar-refractivity contribution >= 4 is 17.3 Å². The summed E-state index contributed by atoms with van der Waals surface area (Å²) >= 11 is 0.522. The van der Waals surface area contributed by atoms with Crippen LogP contribution in [-0.2, 0) is 7.05 Å². The molecular formula is C11H11N3O4S. The topological polar surface area (TPSA) is 75.4 Å². The van der Waals surface area contributed by atoms with Crippen molar-refractivity contribution < 1.29 is 13.7 Å². The van der Waals surface area contributed by atoms with Crippen molar-refractivity contribution in [2.24, 2.45) is 7.05 Å². The zero-order valence-electron chi connectivity index (χ0n) is 10.3. The quantitative estimate of drug-likeness (QED) is 0.789. The molecule has 0 aliphatic rings. The van der Waals surface area contributed by atoms with Gasteiger partial charge in [-0.1, -0.05) is 18.2 Å². The molecule has 0 spiro atoms. The Labute approximate surface area is 113 Å². The molecule has 1 aromatic carbocycles. The number of rotatable bonds is 3. The number of ether oxygens (including phenoxy) is 1. The highest BCUT2D eigenvalue weighted by Crippen LogP contribution is 2.16. The lowest BCUT2D eigenvalue weighted by Gasteiger charge is -2.00. The molecule has 0 saturated heterocycles. The van der Waals surface area contributed by atoms with Crippen molar-refractivity contribution in [3.05, 3.63) is 40.8 Å². The minimum absolute atomic E-state index is 0.0543. The molecule has 8 heteroatoms. The molecule has 0 amide bonds. The molecule has 0 saturated carbocycles. The van der Waals surface area contributed by atoms with E-state index in [9.17, 15) is 9.59 Å². The fraction of sp³-hybridized carbons (Fsp3) is 0.182. The minimum Gasteiger partial charge on any atom is -0.467 e. The van der Waals surface area contributed by atoms with Crippen LogP contribution in [0.15, 0.2) is 35.1 Å². The van der Waals surface area contributed by atoms with Crippen molar-refractivity contribution in [2.45, 2.75) is 0 Å². The lowest BCUT2D eigenvalue weighted by molar-refractivity contribution is 0.257. The third-order valence-electron chi connectivity index (χ3n) is 2.25. The van der Waals surface area contributed by atoms with E-state index in [-0.39, 0.29) is 6.01 Å². The molecule has 0 radical (unpaired) electrons. The molecule has 7 nitrogen and oxygen atoms in total. The molecule has 0 unspecified atom stereocenters. The van der Waals surface area contributed by atoms with Crippen molar-refractivity contribution in [1.82, 2.24) is 14.3 Å². The summed E-state index contributed by atoms with van der Waals surface area (Å²) in [5, 5.41) is 3.09. The first-order valence-corrected chi connectivity index (χ1v) is 6.01. The number of carbonyl (C=O) groups excluding carboxylic acids is 1. The SMILES string of the molecule is COc1nn(C(=O)SOc2ccccc2)c(=O)n1C. The van der Waals surface area contributed by atoms with Crippen molar-refractivity contribution in [3.8, 4) is 11.8 Å². The van der Waals surface area contributed by atoms with Gasteiger partial charge in [-0.3, -0.25) is 4.79 Å². The number of hydrogen-bond acceptors (Lipinski definition) is 6. The van der Waals surface area contributed by atoms with E-state index in [1.807, 2.05) is 6.07 Å².